The van der Waals surface area contributed by atoms with E-state index < -0.39 is 54.2 Å². The van der Waals surface area contributed by atoms with Crippen molar-refractivity contribution < 1.29 is 70.6 Å². The topological polar surface area (TPSA) is 350 Å². The number of rotatable bonds is 21. The number of phosphoric ester groups is 1. The second-order valence-electron chi connectivity index (χ2n) is 12.5. The summed E-state index contributed by atoms with van der Waals surface area (Å²) in [6.07, 6.45) is 4.90. The van der Waals surface area contributed by atoms with Crippen molar-refractivity contribution in [2.75, 3.05) is 24.6 Å². The van der Waals surface area contributed by atoms with Gasteiger partial charge in [0.25, 0.3) is 0 Å². The molecule has 27 heteroatoms. The fourth-order valence-corrected chi connectivity index (χ4v) is 10.4. The molecule has 23 nitrogen and oxygen atoms in total. The Morgan fingerprint density at radius 3 is 2.50 bits per heavy atom. The van der Waals surface area contributed by atoms with Crippen LogP contribution in [-0.2, 0) is 41.2 Å². The lowest BCUT2D eigenvalue weighted by molar-refractivity contribution is -0.121. The Bertz CT molecular complexity index is 1750. The van der Waals surface area contributed by atoms with Gasteiger partial charge in [0.15, 0.2) is 0 Å². The molecule has 4 amide bonds. The van der Waals surface area contributed by atoms with Crippen LogP contribution in [0.1, 0.15) is 69.6 Å². The van der Waals surface area contributed by atoms with E-state index in [4.69, 9.17) is 20.3 Å². The van der Waals surface area contributed by atoms with E-state index in [2.05, 4.69) is 39.4 Å². The number of fused-ring (bicyclic) bond motifs is 1. The number of anilines is 1. The first-order chi connectivity index (χ1) is 25.3. The molecule has 1 aromatic rings. The number of hydrogen-bond acceptors (Lipinski definition) is 15. The van der Waals surface area contributed by atoms with E-state index in [-0.39, 0.29) is 54.2 Å². The van der Waals surface area contributed by atoms with E-state index in [9.17, 15) is 47.8 Å². The van der Waals surface area contributed by atoms with Gasteiger partial charge in [-0.15, -0.1) is 0 Å². The van der Waals surface area contributed by atoms with Crippen molar-refractivity contribution in [2.45, 2.75) is 93.6 Å². The van der Waals surface area contributed by atoms with Crippen LogP contribution < -0.4 is 32.7 Å². The zero-order chi connectivity index (χ0) is 39.7. The van der Waals surface area contributed by atoms with Gasteiger partial charge >= 0.3 is 35.2 Å². The Balaban J connectivity index is 1.11. The molecule has 0 aliphatic carbocycles. The second-order valence-corrected chi connectivity index (χ2v) is 18.2. The number of nitrogens with one attached hydrogen (secondary N) is 4. The Morgan fingerprint density at radius 1 is 1.04 bits per heavy atom. The number of carbonyl (C=O) groups excluding carboxylic acids is 3. The van der Waals surface area contributed by atoms with Crippen LogP contribution in [0, 0.1) is 0 Å². The van der Waals surface area contributed by atoms with Gasteiger partial charge in [-0.3, -0.25) is 18.7 Å². The number of thioether (sulfide) groups is 1. The maximum absolute atomic E-state index is 12.5. The Kier molecular flexibility index (Phi) is 15.9. The Hall–Kier alpha value is -2.69. The molecule has 3 fully saturated rings. The van der Waals surface area contributed by atoms with Crippen LogP contribution in [0.15, 0.2) is 17.2 Å². The number of nitrogens with zero attached hydrogens (tertiary/aromatic N) is 2. The molecule has 3 saturated heterocycles. The first-order valence-electron chi connectivity index (χ1n) is 16.7. The van der Waals surface area contributed by atoms with E-state index in [0.29, 0.717) is 37.5 Å². The fourth-order valence-electron chi connectivity index (χ4n) is 5.81. The number of aliphatic hydroxyl groups is 1. The minimum Gasteiger partial charge on any atom is -0.390 e. The number of unbranched alkanes of at least 4 members (excludes halogenated alkanes) is 3. The third-order valence-corrected chi connectivity index (χ3v) is 13.6. The van der Waals surface area contributed by atoms with Crippen molar-refractivity contribution in [2.24, 2.45) is 0 Å². The van der Waals surface area contributed by atoms with E-state index in [1.54, 1.807) is 0 Å². The molecule has 4 heterocycles. The number of aromatic nitrogens is 2. The number of hydrogen-bond donors (Lipinski definition) is 10. The SMILES string of the molecule is Nc1nc(=O)n([C@H]2C[C@H](O)[C@@H](COP(=O)(O)OP(=O)(O)OP(=O)(O)O)O2)cc1/C=C/NC(=O)CCCCCNC(=O)CCCC[C@H]1SC[C@@H]2NC(=O)N[C@@H]21. The molecule has 304 valence electrons. The van der Waals surface area contributed by atoms with Gasteiger partial charge in [0.2, 0.25) is 11.8 Å². The van der Waals surface area contributed by atoms with Gasteiger partial charge in [0.1, 0.15) is 18.1 Å². The highest BCUT2D eigenvalue weighted by molar-refractivity contribution is 8.00. The van der Waals surface area contributed by atoms with Crippen LogP contribution in [0.3, 0.4) is 0 Å². The summed E-state index contributed by atoms with van der Waals surface area (Å²) in [6, 6.07) is 0.233. The number of carbonyl (C=O) groups is 3. The summed E-state index contributed by atoms with van der Waals surface area (Å²) in [4.78, 5) is 88.4. The molecule has 2 unspecified atom stereocenters. The summed E-state index contributed by atoms with van der Waals surface area (Å²) in [5, 5.41) is 22.1. The molecule has 11 N–H and O–H groups in total. The number of nitrogen functional groups attached to an aromatic ring is 1. The zero-order valence-electron chi connectivity index (χ0n) is 28.6. The molecule has 0 saturated carbocycles. The average Bonchev–Trinajstić information content (AvgIpc) is 3.72. The highest BCUT2D eigenvalue weighted by Gasteiger charge is 2.44. The van der Waals surface area contributed by atoms with Crippen molar-refractivity contribution >= 4 is 65.0 Å². The Morgan fingerprint density at radius 2 is 1.76 bits per heavy atom. The molecular weight excluding hydrogens is 803 g/mol. The molecule has 0 radical (unpaired) electrons. The average molecular weight is 848 g/mol. The summed E-state index contributed by atoms with van der Waals surface area (Å²) >= 11 is 1.85. The van der Waals surface area contributed by atoms with Gasteiger partial charge in [0, 0.05) is 54.8 Å². The standard InChI is InChI=1S/C27H44N7O16P3S/c28-25-16(13-34(27(39)33-25)23-12-18(35)19(48-23)14-47-52(43,44)50-53(45,46)49-51(40,41)42)9-11-30-22(37)7-2-1-5-10-29-21(36)8-4-3-6-20-24-17(15-54-20)31-26(38)32-24/h9,11,13,17-20,23-24,35H,1-8,10,12,14-15H2,(H,29,36)(H,30,37)(H,43,44)(H,45,46)(H2,28,33,39)(H2,31,32,38)(H2,40,41,42)/b11-9+/t17-,18-,19+,20+,23+,24-/m0/s1. The van der Waals surface area contributed by atoms with Gasteiger partial charge in [-0.2, -0.15) is 25.4 Å². The third kappa shape index (κ3) is 14.1. The van der Waals surface area contributed by atoms with Crippen LogP contribution in [0.4, 0.5) is 10.6 Å². The maximum atomic E-state index is 12.5. The number of phosphoric acid groups is 3. The van der Waals surface area contributed by atoms with Crippen LogP contribution in [0.5, 0.6) is 0 Å². The number of ether oxygens (including phenoxy) is 1. The molecular formula is C27H44N7O16P3S. The number of urea groups is 1. The molecule has 3 aliphatic rings. The van der Waals surface area contributed by atoms with E-state index >= 15 is 0 Å². The molecule has 3 aliphatic heterocycles. The molecule has 0 aromatic carbocycles. The lowest BCUT2D eigenvalue weighted by atomic mass is 10.0. The van der Waals surface area contributed by atoms with E-state index in [0.717, 1.165) is 29.6 Å². The van der Waals surface area contributed by atoms with Gasteiger partial charge in [-0.05, 0) is 31.8 Å². The van der Waals surface area contributed by atoms with Crippen LogP contribution in [-0.4, -0.2) is 101 Å². The zero-order valence-corrected chi connectivity index (χ0v) is 32.1. The lowest BCUT2D eigenvalue weighted by Crippen LogP contribution is -2.36. The summed E-state index contributed by atoms with van der Waals surface area (Å²) in [7, 11) is -16.8. The largest absolute Gasteiger partial charge is 0.490 e. The number of amides is 4. The predicted octanol–water partition coefficient (Wildman–Crippen LogP) is 0.307. The highest BCUT2D eigenvalue weighted by Crippen LogP contribution is 2.66. The second kappa shape index (κ2) is 19.4. The minimum absolute atomic E-state index is 0.0212. The van der Waals surface area contributed by atoms with E-state index in [1.165, 1.54) is 18.5 Å². The molecule has 0 spiro atoms. The molecule has 54 heavy (non-hydrogen) atoms. The predicted molar refractivity (Wildman–Crippen MR) is 190 cm³/mol. The van der Waals surface area contributed by atoms with Crippen molar-refractivity contribution in [3.8, 4) is 0 Å². The number of nitrogens with two attached hydrogens (primary N) is 1. The van der Waals surface area contributed by atoms with Crippen LogP contribution in [0.25, 0.3) is 6.08 Å². The van der Waals surface area contributed by atoms with Gasteiger partial charge < -0.3 is 56.4 Å². The van der Waals surface area contributed by atoms with Crippen LogP contribution in [0.2, 0.25) is 0 Å². The summed E-state index contributed by atoms with van der Waals surface area (Å²) in [5.74, 6) is 0.400. The molecule has 1 aromatic heterocycles. The molecule has 0 bridgehead atoms. The van der Waals surface area contributed by atoms with Crippen molar-refractivity contribution in [1.29, 1.82) is 0 Å². The normalized spacial score (nSPS) is 26.1. The summed E-state index contributed by atoms with van der Waals surface area (Å²) in [6.45, 7) is -0.437. The summed E-state index contributed by atoms with van der Waals surface area (Å²) in [5.41, 5.74) is 5.16. The monoisotopic (exact) mass is 847 g/mol. The van der Waals surface area contributed by atoms with Gasteiger partial charge in [-0.1, -0.05) is 12.8 Å². The first kappa shape index (κ1) is 44.0. The van der Waals surface area contributed by atoms with Crippen molar-refractivity contribution in [1.82, 2.24) is 30.8 Å². The Labute approximate surface area is 312 Å². The van der Waals surface area contributed by atoms with Crippen molar-refractivity contribution in [3.63, 3.8) is 0 Å². The minimum atomic E-state index is -5.75. The van der Waals surface area contributed by atoms with Crippen LogP contribution >= 0.6 is 35.2 Å². The smallest absolute Gasteiger partial charge is 0.390 e. The van der Waals surface area contributed by atoms with Gasteiger partial charge in [-0.25, -0.2) is 23.3 Å². The molecule has 8 atom stereocenters. The summed E-state index contributed by atoms with van der Waals surface area (Å²) < 4.78 is 52.5. The lowest BCUT2D eigenvalue weighted by Gasteiger charge is -2.19. The van der Waals surface area contributed by atoms with E-state index in [1.807, 2.05) is 11.8 Å². The molecule has 4 rings (SSSR count). The van der Waals surface area contributed by atoms with Crippen molar-refractivity contribution in [3.05, 3.63) is 28.4 Å². The highest BCUT2D eigenvalue weighted by atomic mass is 32.2. The maximum Gasteiger partial charge on any atom is 0.490 e. The van der Waals surface area contributed by atoms with Gasteiger partial charge in [0.05, 0.1) is 24.8 Å². The number of aliphatic hydroxyl groups excluding tert-OH is 1. The first-order valence-corrected chi connectivity index (χ1v) is 22.3. The fraction of sp³-hybridized carbons (Fsp3) is 0.667. The third-order valence-electron chi connectivity index (χ3n) is 8.33. The quantitative estimate of drug-likeness (QED) is 0.0452.